The second-order valence-electron chi connectivity index (χ2n) is 12.5. The normalized spacial score (nSPS) is 14.2. The number of thioether (sulfide) groups is 1. The molecule has 0 radical (unpaired) electrons. The second kappa shape index (κ2) is 28.0. The number of carboxylic acids is 3. The van der Waals surface area contributed by atoms with Crippen LogP contribution in [0.5, 0.6) is 0 Å². The van der Waals surface area contributed by atoms with Gasteiger partial charge in [-0.2, -0.15) is 11.8 Å². The lowest BCUT2D eigenvalue weighted by molar-refractivity contribution is -0.142. The largest absolute Gasteiger partial charge is 0.481 e. The lowest BCUT2D eigenvalue weighted by Crippen LogP contribution is -2.59. The summed E-state index contributed by atoms with van der Waals surface area (Å²) in [5.74, 6) is -8.81. The van der Waals surface area contributed by atoms with Crippen molar-refractivity contribution in [3.63, 3.8) is 0 Å². The molecule has 0 spiro atoms. The summed E-state index contributed by atoms with van der Waals surface area (Å²) in [5.41, 5.74) is 22.1. The summed E-state index contributed by atoms with van der Waals surface area (Å²) >= 11 is 1.31. The molecule has 0 aliphatic rings. The van der Waals surface area contributed by atoms with Gasteiger partial charge in [0.15, 0.2) is 0 Å². The van der Waals surface area contributed by atoms with Gasteiger partial charge in [-0.05, 0) is 89.3 Å². The summed E-state index contributed by atoms with van der Waals surface area (Å²) in [6.07, 6.45) is 1.23. The minimum atomic E-state index is -1.50. The van der Waals surface area contributed by atoms with Crippen molar-refractivity contribution in [2.45, 2.75) is 120 Å². The molecule has 54 heavy (non-hydrogen) atoms. The average molecular weight is 792 g/mol. The number of primary amides is 1. The zero-order valence-corrected chi connectivity index (χ0v) is 31.3. The fourth-order valence-electron chi connectivity index (χ4n) is 4.89. The van der Waals surface area contributed by atoms with Crippen molar-refractivity contribution in [3.8, 4) is 0 Å². The highest BCUT2D eigenvalue weighted by Gasteiger charge is 2.33. The highest BCUT2D eigenvalue weighted by molar-refractivity contribution is 7.98. The van der Waals surface area contributed by atoms with Gasteiger partial charge in [-0.3, -0.25) is 38.4 Å². The summed E-state index contributed by atoms with van der Waals surface area (Å²) < 4.78 is 0. The SMILES string of the molecule is CSCC[C@H](NC(=O)[C@H](CCC(=O)O)NC(=O)[C@@H](N)CCC(=O)O)C(=O)N[C@@H](CCC(N)=O)C(=O)N[C@@H](CCCCN)C(=O)N[C@@H](CCCCN)C(=O)O. The van der Waals surface area contributed by atoms with Crippen molar-refractivity contribution in [1.29, 1.82) is 0 Å². The molecule has 0 aromatic carbocycles. The van der Waals surface area contributed by atoms with Gasteiger partial charge in [-0.25, -0.2) is 4.79 Å². The van der Waals surface area contributed by atoms with Crippen LogP contribution in [0.1, 0.15) is 83.5 Å². The zero-order chi connectivity index (χ0) is 41.2. The maximum absolute atomic E-state index is 13.6. The van der Waals surface area contributed by atoms with Gasteiger partial charge >= 0.3 is 17.9 Å². The molecule has 16 N–H and O–H groups in total. The molecule has 6 amide bonds. The molecule has 0 saturated carbocycles. The molecule has 0 bridgehead atoms. The van der Waals surface area contributed by atoms with Crippen molar-refractivity contribution >= 4 is 65.1 Å². The second-order valence-corrected chi connectivity index (χ2v) is 13.5. The number of hydrogen-bond acceptors (Lipinski definition) is 13. The Morgan fingerprint density at radius 2 is 0.889 bits per heavy atom. The third-order valence-electron chi connectivity index (χ3n) is 7.98. The van der Waals surface area contributed by atoms with Crippen LogP contribution in [0.4, 0.5) is 0 Å². The van der Waals surface area contributed by atoms with Crippen LogP contribution < -0.4 is 49.5 Å². The summed E-state index contributed by atoms with van der Waals surface area (Å²) in [4.78, 5) is 112. The van der Waals surface area contributed by atoms with E-state index in [4.69, 9.17) is 28.0 Å². The number of carbonyl (C=O) groups is 9. The number of unbranched alkanes of at least 4 members (excludes halogenated alkanes) is 2. The number of nitrogens with one attached hydrogen (secondary N) is 5. The Morgan fingerprint density at radius 1 is 0.519 bits per heavy atom. The van der Waals surface area contributed by atoms with Gasteiger partial charge < -0.3 is 64.8 Å². The Kier molecular flexibility index (Phi) is 25.6. The standard InChI is InChI=1S/C32H57N9O12S/c1-54-17-14-22(40-30(50)21(10-13-26(45)46)37-27(47)18(35)8-12-25(43)44)31(51)39-20(9-11-24(36)42)29(49)38-19(6-2-4-15-33)28(48)41-23(32(52)53)7-3-5-16-34/h18-23H,2-17,33-35H2,1H3,(H2,36,42)(H,37,47)(H,38,49)(H,39,51)(H,40,50)(H,41,48)(H,43,44)(H,45,46)(H,52,53)/t18-,19-,20-,21-,22-,23-/m0/s1. The molecule has 6 atom stereocenters. The molecule has 0 saturated heterocycles. The molecule has 0 aliphatic heterocycles. The third-order valence-corrected chi connectivity index (χ3v) is 8.63. The molecule has 0 aromatic rings. The fraction of sp³-hybridized carbons (Fsp3) is 0.719. The van der Waals surface area contributed by atoms with E-state index < -0.39 is 109 Å². The maximum atomic E-state index is 13.6. The minimum Gasteiger partial charge on any atom is -0.481 e. The number of rotatable bonds is 31. The fourth-order valence-corrected chi connectivity index (χ4v) is 5.36. The van der Waals surface area contributed by atoms with E-state index in [1.807, 2.05) is 0 Å². The van der Waals surface area contributed by atoms with E-state index in [-0.39, 0.29) is 45.1 Å². The first-order chi connectivity index (χ1) is 25.5. The Bertz CT molecular complexity index is 1280. The van der Waals surface area contributed by atoms with E-state index in [2.05, 4.69) is 26.6 Å². The number of carbonyl (C=O) groups excluding carboxylic acids is 6. The van der Waals surface area contributed by atoms with Crippen molar-refractivity contribution < 1.29 is 58.5 Å². The topological polar surface area (TPSA) is 379 Å². The van der Waals surface area contributed by atoms with Crippen molar-refractivity contribution in [2.24, 2.45) is 22.9 Å². The van der Waals surface area contributed by atoms with Crippen LogP contribution in [0, 0.1) is 0 Å². The van der Waals surface area contributed by atoms with Gasteiger partial charge in [0, 0.05) is 19.3 Å². The molecule has 0 rings (SSSR count). The van der Waals surface area contributed by atoms with E-state index in [9.17, 15) is 53.4 Å². The van der Waals surface area contributed by atoms with Crippen LogP contribution in [0.15, 0.2) is 0 Å². The van der Waals surface area contributed by atoms with E-state index in [1.54, 1.807) is 6.26 Å². The number of hydrogen-bond donors (Lipinski definition) is 12. The first-order valence-corrected chi connectivity index (χ1v) is 19.0. The number of aliphatic carboxylic acids is 3. The molecule has 21 nitrogen and oxygen atoms in total. The van der Waals surface area contributed by atoms with E-state index in [0.29, 0.717) is 38.0 Å². The first-order valence-electron chi connectivity index (χ1n) is 17.6. The van der Waals surface area contributed by atoms with Gasteiger partial charge in [0.25, 0.3) is 0 Å². The molecule has 0 aromatic heterocycles. The third kappa shape index (κ3) is 21.9. The van der Waals surface area contributed by atoms with Crippen LogP contribution in [0.3, 0.4) is 0 Å². The van der Waals surface area contributed by atoms with Crippen molar-refractivity contribution in [2.75, 3.05) is 25.1 Å². The predicted molar refractivity (Wildman–Crippen MR) is 196 cm³/mol. The van der Waals surface area contributed by atoms with Gasteiger partial charge in [-0.1, -0.05) is 0 Å². The Hall–Kier alpha value is -4.54. The van der Waals surface area contributed by atoms with Crippen LogP contribution in [-0.2, 0) is 43.2 Å². The summed E-state index contributed by atoms with van der Waals surface area (Å²) in [6.45, 7) is 0.600. The molecule has 0 fully saturated rings. The first kappa shape index (κ1) is 49.5. The average Bonchev–Trinajstić information content (AvgIpc) is 3.10. The smallest absolute Gasteiger partial charge is 0.326 e. The minimum absolute atomic E-state index is 0.00846. The molecule has 22 heteroatoms. The Morgan fingerprint density at radius 3 is 1.30 bits per heavy atom. The van der Waals surface area contributed by atoms with Gasteiger partial charge in [0.1, 0.15) is 30.2 Å². The van der Waals surface area contributed by atoms with Crippen LogP contribution in [0.2, 0.25) is 0 Å². The summed E-state index contributed by atoms with van der Waals surface area (Å²) in [6, 6.07) is -8.20. The quantitative estimate of drug-likeness (QED) is 0.0308. The van der Waals surface area contributed by atoms with Crippen LogP contribution >= 0.6 is 11.8 Å². The highest BCUT2D eigenvalue weighted by atomic mass is 32.2. The predicted octanol–water partition coefficient (Wildman–Crippen LogP) is -3.17. The molecular formula is C32H57N9O12S. The maximum Gasteiger partial charge on any atom is 0.326 e. The van der Waals surface area contributed by atoms with Gasteiger partial charge in [0.05, 0.1) is 6.04 Å². The molecule has 0 unspecified atom stereocenters. The van der Waals surface area contributed by atoms with E-state index in [0.717, 1.165) is 0 Å². The highest BCUT2D eigenvalue weighted by Crippen LogP contribution is 2.10. The molecule has 308 valence electrons. The van der Waals surface area contributed by atoms with Crippen molar-refractivity contribution in [3.05, 3.63) is 0 Å². The molecule has 0 heterocycles. The Labute approximate surface area is 317 Å². The number of amides is 6. The Balaban J connectivity index is 6.24. The van der Waals surface area contributed by atoms with E-state index in [1.165, 1.54) is 11.8 Å². The van der Waals surface area contributed by atoms with Gasteiger partial charge in [0.2, 0.25) is 35.4 Å². The number of carboxylic acid groups (broad SMARTS) is 3. The molecular weight excluding hydrogens is 734 g/mol. The van der Waals surface area contributed by atoms with Crippen LogP contribution in [-0.4, -0.2) is 130 Å². The molecule has 0 aliphatic carbocycles. The van der Waals surface area contributed by atoms with Crippen molar-refractivity contribution in [1.82, 2.24) is 26.6 Å². The monoisotopic (exact) mass is 791 g/mol. The van der Waals surface area contributed by atoms with Gasteiger partial charge in [-0.15, -0.1) is 0 Å². The number of nitrogens with two attached hydrogens (primary N) is 4. The van der Waals surface area contributed by atoms with Crippen LogP contribution in [0.25, 0.3) is 0 Å². The summed E-state index contributed by atoms with van der Waals surface area (Å²) in [7, 11) is 0. The summed E-state index contributed by atoms with van der Waals surface area (Å²) in [5, 5.41) is 39.9. The lowest BCUT2D eigenvalue weighted by Gasteiger charge is -2.27. The zero-order valence-electron chi connectivity index (χ0n) is 30.5. The lowest BCUT2D eigenvalue weighted by atomic mass is 10.0. The van der Waals surface area contributed by atoms with E-state index >= 15 is 0 Å².